The lowest BCUT2D eigenvalue weighted by Crippen LogP contribution is -2.14. The molecule has 0 fully saturated rings. The van der Waals surface area contributed by atoms with Crippen LogP contribution in [0.2, 0.25) is 0 Å². The van der Waals surface area contributed by atoms with Crippen LogP contribution in [0.25, 0.3) is 0 Å². The van der Waals surface area contributed by atoms with Gasteiger partial charge < -0.3 is 5.11 Å². The molecule has 3 N–H and O–H groups in total. The normalized spacial score (nSPS) is 11.3. The van der Waals surface area contributed by atoms with E-state index in [1.807, 2.05) is 6.92 Å². The first-order valence-electron chi connectivity index (χ1n) is 5.87. The Labute approximate surface area is 119 Å². The summed E-state index contributed by atoms with van der Waals surface area (Å²) in [7, 11) is -4.03. The molecule has 21 heavy (non-hydrogen) atoms. The van der Waals surface area contributed by atoms with Crippen molar-refractivity contribution in [2.24, 2.45) is 0 Å². The van der Waals surface area contributed by atoms with Crippen LogP contribution in [-0.4, -0.2) is 28.6 Å². The van der Waals surface area contributed by atoms with Crippen LogP contribution < -0.4 is 4.72 Å². The molecule has 10 heteroatoms. The average Bonchev–Trinajstić information content (AvgIpc) is 2.85. The van der Waals surface area contributed by atoms with Gasteiger partial charge in [-0.25, -0.2) is 8.42 Å². The Morgan fingerprint density at radius 1 is 1.48 bits per heavy atom. The predicted octanol–water partition coefficient (Wildman–Crippen LogP) is 1.39. The van der Waals surface area contributed by atoms with Crippen LogP contribution >= 0.6 is 0 Å². The van der Waals surface area contributed by atoms with Crippen molar-refractivity contribution < 1.29 is 18.4 Å². The van der Waals surface area contributed by atoms with Crippen LogP contribution in [0, 0.1) is 10.1 Å². The van der Waals surface area contributed by atoms with Gasteiger partial charge in [-0.15, -0.1) is 0 Å². The van der Waals surface area contributed by atoms with E-state index in [0.717, 1.165) is 18.2 Å². The molecule has 0 saturated heterocycles. The van der Waals surface area contributed by atoms with E-state index in [2.05, 4.69) is 14.9 Å². The van der Waals surface area contributed by atoms with E-state index in [1.165, 1.54) is 6.20 Å². The number of hydrogen-bond donors (Lipinski definition) is 3. The topological polar surface area (TPSA) is 138 Å². The molecule has 0 bridgehead atoms. The van der Waals surface area contributed by atoms with Gasteiger partial charge in [-0.1, -0.05) is 6.92 Å². The summed E-state index contributed by atoms with van der Waals surface area (Å²) < 4.78 is 26.7. The first-order valence-corrected chi connectivity index (χ1v) is 7.36. The maximum absolute atomic E-state index is 12.2. The van der Waals surface area contributed by atoms with Crippen molar-refractivity contribution in [2.75, 3.05) is 4.72 Å². The molecule has 0 amide bonds. The number of rotatable bonds is 5. The second kappa shape index (κ2) is 5.40. The third kappa shape index (κ3) is 2.94. The number of nitrogens with one attached hydrogen (secondary N) is 2. The summed E-state index contributed by atoms with van der Waals surface area (Å²) in [5, 5.41) is 26.3. The fourth-order valence-electron chi connectivity index (χ4n) is 1.68. The Kier molecular flexibility index (Phi) is 3.80. The Morgan fingerprint density at radius 2 is 2.19 bits per heavy atom. The average molecular weight is 312 g/mol. The van der Waals surface area contributed by atoms with Gasteiger partial charge in [0.25, 0.3) is 10.0 Å². The van der Waals surface area contributed by atoms with Crippen LogP contribution in [0.3, 0.4) is 0 Å². The Morgan fingerprint density at radius 3 is 2.81 bits per heavy atom. The number of H-pyrrole nitrogens is 1. The highest BCUT2D eigenvalue weighted by atomic mass is 32.2. The van der Waals surface area contributed by atoms with Crippen molar-refractivity contribution in [3.8, 4) is 5.75 Å². The highest BCUT2D eigenvalue weighted by Crippen LogP contribution is 2.29. The summed E-state index contributed by atoms with van der Waals surface area (Å²) >= 11 is 0. The van der Waals surface area contributed by atoms with E-state index < -0.39 is 26.4 Å². The number of aromatic amines is 1. The molecule has 1 aromatic carbocycles. The first kappa shape index (κ1) is 14.8. The quantitative estimate of drug-likeness (QED) is 0.563. The fraction of sp³-hybridized carbons (Fsp3) is 0.182. The highest BCUT2D eigenvalue weighted by molar-refractivity contribution is 7.92. The van der Waals surface area contributed by atoms with Gasteiger partial charge in [-0.05, 0) is 18.6 Å². The SMILES string of the molecule is CCc1cn[nH]c1NS(=O)(=O)c1ccc(O)c([N+](=O)[O-])c1. The fourth-order valence-corrected chi connectivity index (χ4v) is 2.75. The lowest BCUT2D eigenvalue weighted by atomic mass is 10.3. The Balaban J connectivity index is 2.40. The first-order chi connectivity index (χ1) is 9.85. The summed E-state index contributed by atoms with van der Waals surface area (Å²) in [4.78, 5) is 9.54. The van der Waals surface area contributed by atoms with E-state index in [1.54, 1.807) is 0 Å². The second-order valence-corrected chi connectivity index (χ2v) is 5.82. The molecule has 0 spiro atoms. The summed E-state index contributed by atoms with van der Waals surface area (Å²) in [6.07, 6.45) is 2.04. The van der Waals surface area contributed by atoms with Crippen LogP contribution in [-0.2, 0) is 16.4 Å². The van der Waals surface area contributed by atoms with Crippen LogP contribution in [0.15, 0.2) is 29.3 Å². The number of nitro groups is 1. The molecule has 0 unspecified atom stereocenters. The van der Waals surface area contributed by atoms with Gasteiger partial charge in [0.2, 0.25) is 0 Å². The van der Waals surface area contributed by atoms with Gasteiger partial charge in [0.05, 0.1) is 16.0 Å². The number of phenolic OH excluding ortho intramolecular Hbond substituents is 1. The van der Waals surface area contributed by atoms with Crippen LogP contribution in [0.4, 0.5) is 11.5 Å². The van der Waals surface area contributed by atoms with E-state index in [0.29, 0.717) is 12.0 Å². The molecular weight excluding hydrogens is 300 g/mol. The van der Waals surface area contributed by atoms with Crippen molar-refractivity contribution in [1.82, 2.24) is 10.2 Å². The molecule has 1 aromatic heterocycles. The van der Waals surface area contributed by atoms with Crippen LogP contribution in [0.5, 0.6) is 5.75 Å². The minimum Gasteiger partial charge on any atom is -0.502 e. The number of anilines is 1. The summed E-state index contributed by atoms with van der Waals surface area (Å²) in [6, 6.07) is 2.83. The highest BCUT2D eigenvalue weighted by Gasteiger charge is 2.22. The van der Waals surface area contributed by atoms with Crippen LogP contribution in [0.1, 0.15) is 12.5 Å². The van der Waals surface area contributed by atoms with Gasteiger partial charge in [0.1, 0.15) is 5.82 Å². The summed E-state index contributed by atoms with van der Waals surface area (Å²) in [5.74, 6) is -0.400. The number of aromatic hydroxyl groups is 1. The Bertz CT molecular complexity index is 784. The maximum Gasteiger partial charge on any atom is 0.312 e. The minimum atomic E-state index is -4.03. The zero-order chi connectivity index (χ0) is 15.6. The van der Waals surface area contributed by atoms with Gasteiger partial charge in [0, 0.05) is 11.6 Å². The number of sulfonamides is 1. The molecule has 0 aliphatic heterocycles. The predicted molar refractivity (Wildman–Crippen MR) is 73.5 cm³/mol. The number of benzene rings is 1. The number of phenols is 1. The van der Waals surface area contributed by atoms with Crippen molar-refractivity contribution in [3.05, 3.63) is 40.1 Å². The van der Waals surface area contributed by atoms with Crippen molar-refractivity contribution in [3.63, 3.8) is 0 Å². The molecule has 112 valence electrons. The molecule has 2 aromatic rings. The van der Waals surface area contributed by atoms with Gasteiger partial charge >= 0.3 is 5.69 Å². The maximum atomic E-state index is 12.2. The number of nitro benzene ring substituents is 1. The number of hydrogen-bond acceptors (Lipinski definition) is 6. The zero-order valence-electron chi connectivity index (χ0n) is 10.9. The molecule has 0 atom stereocenters. The van der Waals surface area contributed by atoms with Gasteiger partial charge in [-0.3, -0.25) is 19.9 Å². The molecule has 0 saturated carbocycles. The van der Waals surface area contributed by atoms with Crippen molar-refractivity contribution in [1.29, 1.82) is 0 Å². The summed E-state index contributed by atoms with van der Waals surface area (Å²) in [6.45, 7) is 1.83. The molecule has 2 rings (SSSR count). The lowest BCUT2D eigenvalue weighted by Gasteiger charge is -2.08. The van der Waals surface area contributed by atoms with Gasteiger partial charge in [0.15, 0.2) is 5.75 Å². The number of aromatic nitrogens is 2. The van der Waals surface area contributed by atoms with Gasteiger partial charge in [-0.2, -0.15) is 5.10 Å². The minimum absolute atomic E-state index is 0.202. The lowest BCUT2D eigenvalue weighted by molar-refractivity contribution is -0.386. The number of aryl methyl sites for hydroxylation is 1. The molecule has 0 radical (unpaired) electrons. The molecular formula is C11H12N4O5S. The smallest absolute Gasteiger partial charge is 0.312 e. The van der Waals surface area contributed by atoms with E-state index in [-0.39, 0.29) is 10.7 Å². The number of nitrogens with zero attached hydrogens (tertiary/aromatic N) is 2. The monoisotopic (exact) mass is 312 g/mol. The van der Waals surface area contributed by atoms with Crippen molar-refractivity contribution >= 4 is 21.5 Å². The molecule has 0 aliphatic rings. The molecule has 1 heterocycles. The van der Waals surface area contributed by atoms with E-state index in [9.17, 15) is 23.6 Å². The third-order valence-corrected chi connectivity index (χ3v) is 4.14. The van der Waals surface area contributed by atoms with E-state index >= 15 is 0 Å². The summed E-state index contributed by atoms with van der Waals surface area (Å²) in [5.41, 5.74) is -0.0231. The second-order valence-electron chi connectivity index (χ2n) is 4.14. The zero-order valence-corrected chi connectivity index (χ0v) is 11.7. The van der Waals surface area contributed by atoms with Crippen molar-refractivity contribution in [2.45, 2.75) is 18.2 Å². The third-order valence-electron chi connectivity index (χ3n) is 2.79. The standard InChI is InChI=1S/C11H12N4O5S/c1-2-7-6-12-13-11(7)14-21(19,20)8-3-4-10(16)9(5-8)15(17)18/h3-6,16H,2H2,1H3,(H2,12,13,14). The molecule has 9 nitrogen and oxygen atoms in total. The molecule has 0 aliphatic carbocycles. The van der Waals surface area contributed by atoms with E-state index in [4.69, 9.17) is 0 Å². The Hall–Kier alpha value is -2.62. The largest absolute Gasteiger partial charge is 0.502 e.